The van der Waals surface area contributed by atoms with Crippen LogP contribution >= 0.6 is 23.2 Å². The van der Waals surface area contributed by atoms with Crippen LogP contribution in [0.3, 0.4) is 0 Å². The fourth-order valence-corrected chi connectivity index (χ4v) is 2.95. The topological polar surface area (TPSA) is 65.5 Å². The monoisotopic (exact) mass is 378 g/mol. The smallest absolute Gasteiger partial charge is 0.257 e. The molecule has 0 spiro atoms. The van der Waals surface area contributed by atoms with Crippen molar-refractivity contribution in [3.8, 4) is 0 Å². The van der Waals surface area contributed by atoms with E-state index in [-0.39, 0.29) is 5.91 Å². The average molecular weight is 379 g/mol. The summed E-state index contributed by atoms with van der Waals surface area (Å²) in [6.07, 6.45) is 4.06. The Morgan fingerprint density at radius 3 is 2.64 bits per heavy atom. The summed E-state index contributed by atoms with van der Waals surface area (Å²) in [7, 11) is 0. The van der Waals surface area contributed by atoms with Gasteiger partial charge in [-0.15, -0.1) is 0 Å². The first-order valence-corrected chi connectivity index (χ1v) is 8.49. The maximum atomic E-state index is 12.5. The van der Waals surface area contributed by atoms with Crippen LogP contribution in [0.4, 0.5) is 11.4 Å². The van der Waals surface area contributed by atoms with Crippen molar-refractivity contribution in [1.82, 2.24) is 9.88 Å². The van der Waals surface area contributed by atoms with E-state index in [1.807, 2.05) is 0 Å². The van der Waals surface area contributed by atoms with E-state index in [1.165, 1.54) is 6.20 Å². The Balaban J connectivity index is 1.74. The van der Waals surface area contributed by atoms with E-state index in [2.05, 4.69) is 15.2 Å². The molecule has 6 nitrogen and oxygen atoms in total. The van der Waals surface area contributed by atoms with Gasteiger partial charge in [0.05, 0.1) is 33.2 Å². The van der Waals surface area contributed by atoms with Crippen LogP contribution in [0.1, 0.15) is 10.4 Å². The van der Waals surface area contributed by atoms with Gasteiger partial charge in [-0.2, -0.15) is 0 Å². The Bertz CT molecular complexity index is 792. The highest BCUT2D eigenvalue weighted by Crippen LogP contribution is 2.30. The van der Waals surface area contributed by atoms with Gasteiger partial charge >= 0.3 is 0 Å². The fraction of sp³-hybridized carbons (Fsp3) is 0.235. The second kappa shape index (κ2) is 7.72. The van der Waals surface area contributed by atoms with Crippen LogP contribution in [0, 0.1) is 0 Å². The predicted octanol–water partition coefficient (Wildman–Crippen LogP) is 2.92. The Morgan fingerprint density at radius 1 is 1.16 bits per heavy atom. The fourth-order valence-electron chi connectivity index (χ4n) is 2.61. The first-order valence-electron chi connectivity index (χ1n) is 7.73. The largest absolute Gasteiger partial charge is 0.367 e. The van der Waals surface area contributed by atoms with E-state index >= 15 is 0 Å². The van der Waals surface area contributed by atoms with Crippen LogP contribution in [0.15, 0.2) is 36.7 Å². The molecule has 130 valence electrons. The summed E-state index contributed by atoms with van der Waals surface area (Å²) in [4.78, 5) is 31.3. The lowest BCUT2D eigenvalue weighted by atomic mass is 10.2. The first-order chi connectivity index (χ1) is 12.1. The minimum atomic E-state index is -0.315. The highest BCUT2D eigenvalue weighted by molar-refractivity contribution is 6.44. The molecule has 2 heterocycles. The number of pyridine rings is 1. The predicted molar refractivity (Wildman–Crippen MR) is 98.5 cm³/mol. The second-order valence-electron chi connectivity index (χ2n) is 5.62. The van der Waals surface area contributed by atoms with E-state index in [0.29, 0.717) is 47.5 Å². The maximum Gasteiger partial charge on any atom is 0.257 e. The van der Waals surface area contributed by atoms with Crippen LogP contribution in [0.25, 0.3) is 0 Å². The number of piperazine rings is 1. The second-order valence-corrected chi connectivity index (χ2v) is 6.40. The third-order valence-corrected chi connectivity index (χ3v) is 4.83. The van der Waals surface area contributed by atoms with Crippen LogP contribution < -0.4 is 10.2 Å². The molecule has 0 unspecified atom stereocenters. The molecular formula is C17H16Cl2N4O2. The Labute approximate surface area is 155 Å². The van der Waals surface area contributed by atoms with E-state index in [1.54, 1.807) is 35.4 Å². The molecule has 0 radical (unpaired) electrons. The van der Waals surface area contributed by atoms with Crippen molar-refractivity contribution in [3.05, 3.63) is 52.3 Å². The number of hydrogen-bond acceptors (Lipinski definition) is 4. The van der Waals surface area contributed by atoms with Gasteiger partial charge in [-0.1, -0.05) is 29.3 Å². The van der Waals surface area contributed by atoms with Gasteiger partial charge in [-0.25, -0.2) is 0 Å². The van der Waals surface area contributed by atoms with E-state index < -0.39 is 0 Å². The number of halogens is 2. The molecule has 1 aromatic carbocycles. The van der Waals surface area contributed by atoms with Crippen molar-refractivity contribution in [2.75, 3.05) is 36.4 Å². The van der Waals surface area contributed by atoms with E-state index in [4.69, 9.17) is 23.2 Å². The molecule has 2 amide bonds. The van der Waals surface area contributed by atoms with Gasteiger partial charge in [-0.05, 0) is 18.2 Å². The van der Waals surface area contributed by atoms with E-state index in [0.717, 1.165) is 12.1 Å². The molecule has 0 aliphatic carbocycles. The molecule has 1 aliphatic heterocycles. The summed E-state index contributed by atoms with van der Waals surface area (Å²) in [5.74, 6) is -0.315. The quantitative estimate of drug-likeness (QED) is 0.830. The third-order valence-electron chi connectivity index (χ3n) is 4.01. The molecule has 8 heteroatoms. The van der Waals surface area contributed by atoms with Gasteiger partial charge in [0.1, 0.15) is 0 Å². The molecule has 1 fully saturated rings. The van der Waals surface area contributed by atoms with Gasteiger partial charge in [0.15, 0.2) is 0 Å². The minimum absolute atomic E-state index is 0.298. The third kappa shape index (κ3) is 4.03. The average Bonchev–Trinajstić information content (AvgIpc) is 2.65. The molecule has 2 aromatic rings. The summed E-state index contributed by atoms with van der Waals surface area (Å²) < 4.78 is 0. The van der Waals surface area contributed by atoms with E-state index in [9.17, 15) is 9.59 Å². The highest BCUT2D eigenvalue weighted by Gasteiger charge is 2.18. The van der Waals surface area contributed by atoms with Gasteiger partial charge in [0, 0.05) is 32.4 Å². The molecule has 0 atom stereocenters. The zero-order chi connectivity index (χ0) is 17.8. The van der Waals surface area contributed by atoms with Gasteiger partial charge < -0.3 is 15.1 Å². The summed E-state index contributed by atoms with van der Waals surface area (Å²) >= 11 is 12.1. The number of carbonyl (C=O) groups is 2. The van der Waals surface area contributed by atoms with Gasteiger partial charge in [0.2, 0.25) is 6.41 Å². The maximum absolute atomic E-state index is 12.5. The summed E-state index contributed by atoms with van der Waals surface area (Å²) in [5.41, 5.74) is 1.71. The van der Waals surface area contributed by atoms with Crippen molar-refractivity contribution in [2.45, 2.75) is 0 Å². The molecule has 1 N–H and O–H groups in total. The Hall–Kier alpha value is -2.31. The minimum Gasteiger partial charge on any atom is -0.367 e. The number of hydrogen-bond donors (Lipinski definition) is 1. The van der Waals surface area contributed by atoms with Crippen LogP contribution in [-0.2, 0) is 4.79 Å². The van der Waals surface area contributed by atoms with Crippen molar-refractivity contribution in [2.24, 2.45) is 0 Å². The molecule has 25 heavy (non-hydrogen) atoms. The zero-order valence-corrected chi connectivity index (χ0v) is 14.8. The van der Waals surface area contributed by atoms with Crippen molar-refractivity contribution >= 4 is 46.9 Å². The van der Waals surface area contributed by atoms with Crippen molar-refractivity contribution < 1.29 is 9.59 Å². The lowest BCUT2D eigenvalue weighted by Gasteiger charge is -2.34. The standard InChI is InChI=1S/C17H16Cl2N4O2/c18-14-2-1-3-15(16(14)19)21-17(25)12-8-13(10-20-9-12)23-6-4-22(11-24)5-7-23/h1-3,8-11H,4-7H2,(H,21,25). The lowest BCUT2D eigenvalue weighted by molar-refractivity contribution is -0.118. The molecule has 3 rings (SSSR count). The number of rotatable bonds is 4. The highest BCUT2D eigenvalue weighted by atomic mass is 35.5. The number of carbonyl (C=O) groups excluding carboxylic acids is 2. The normalized spacial score (nSPS) is 14.3. The SMILES string of the molecule is O=CN1CCN(c2cncc(C(=O)Nc3cccc(Cl)c3Cl)c2)CC1. The number of amides is 2. The number of aromatic nitrogens is 1. The van der Waals surface area contributed by atoms with Crippen molar-refractivity contribution in [3.63, 3.8) is 0 Å². The molecule has 1 aliphatic rings. The van der Waals surface area contributed by atoms with Crippen LogP contribution in [0.5, 0.6) is 0 Å². The Morgan fingerprint density at radius 2 is 1.92 bits per heavy atom. The number of anilines is 2. The Kier molecular flexibility index (Phi) is 5.40. The zero-order valence-electron chi connectivity index (χ0n) is 13.3. The number of nitrogens with zero attached hydrogens (tertiary/aromatic N) is 3. The van der Waals surface area contributed by atoms with Crippen LogP contribution in [0.2, 0.25) is 10.0 Å². The first kappa shape index (κ1) is 17.5. The number of benzene rings is 1. The molecular weight excluding hydrogens is 363 g/mol. The molecule has 1 saturated heterocycles. The summed E-state index contributed by atoms with van der Waals surface area (Å²) in [6.45, 7) is 2.70. The molecule has 0 saturated carbocycles. The van der Waals surface area contributed by atoms with Gasteiger partial charge in [-0.3, -0.25) is 14.6 Å². The molecule has 1 aromatic heterocycles. The summed E-state index contributed by atoms with van der Waals surface area (Å²) in [6, 6.07) is 6.82. The summed E-state index contributed by atoms with van der Waals surface area (Å²) in [5, 5.41) is 3.42. The van der Waals surface area contributed by atoms with Crippen LogP contribution in [-0.4, -0.2) is 48.4 Å². The van der Waals surface area contributed by atoms with Crippen molar-refractivity contribution in [1.29, 1.82) is 0 Å². The van der Waals surface area contributed by atoms with Gasteiger partial charge in [0.25, 0.3) is 5.91 Å². The molecule has 0 bridgehead atoms. The lowest BCUT2D eigenvalue weighted by Crippen LogP contribution is -2.45. The number of nitrogens with one attached hydrogen (secondary N) is 1.